The number of aliphatic carboxylic acids is 1. The van der Waals surface area contributed by atoms with Crippen molar-refractivity contribution < 1.29 is 19.4 Å². The molecule has 16 heavy (non-hydrogen) atoms. The van der Waals surface area contributed by atoms with Crippen molar-refractivity contribution in [1.82, 2.24) is 0 Å². The van der Waals surface area contributed by atoms with E-state index in [-0.39, 0.29) is 6.42 Å². The molecular formula is C12H18O4. The molecule has 1 unspecified atom stereocenters. The van der Waals surface area contributed by atoms with Gasteiger partial charge in [0.1, 0.15) is 5.60 Å². The van der Waals surface area contributed by atoms with Crippen molar-refractivity contribution in [1.29, 1.82) is 0 Å². The van der Waals surface area contributed by atoms with Gasteiger partial charge < -0.3 is 9.84 Å². The average Bonchev–Trinajstić information content (AvgIpc) is 2.16. The van der Waals surface area contributed by atoms with E-state index in [1.165, 1.54) is 0 Å². The van der Waals surface area contributed by atoms with Crippen molar-refractivity contribution in [2.24, 2.45) is 5.41 Å². The molecule has 0 aliphatic heterocycles. The molecule has 0 saturated carbocycles. The maximum absolute atomic E-state index is 11.9. The van der Waals surface area contributed by atoms with Crippen LogP contribution in [0.3, 0.4) is 0 Å². The lowest BCUT2D eigenvalue weighted by molar-refractivity contribution is -0.177. The molecule has 4 nitrogen and oxygen atoms in total. The maximum atomic E-state index is 11.9. The molecule has 0 radical (unpaired) electrons. The van der Waals surface area contributed by atoms with E-state index in [2.05, 4.69) is 0 Å². The SMILES string of the molecule is CC(C)(C)OC(=O)C1(C(=O)O)CC=CCC1. The standard InChI is InChI=1S/C12H18O4/c1-11(2,3)16-10(15)12(9(13)14)7-5-4-6-8-12/h4-5H,6-8H2,1-3H3,(H,13,14). The second kappa shape index (κ2) is 4.28. The fourth-order valence-electron chi connectivity index (χ4n) is 1.68. The second-order valence-electron chi connectivity index (χ2n) is 5.10. The first kappa shape index (κ1) is 12.7. The monoisotopic (exact) mass is 226 g/mol. The Morgan fingerprint density at radius 1 is 1.31 bits per heavy atom. The Morgan fingerprint density at radius 3 is 2.31 bits per heavy atom. The van der Waals surface area contributed by atoms with Gasteiger partial charge in [0.25, 0.3) is 0 Å². The number of allylic oxidation sites excluding steroid dienone is 2. The van der Waals surface area contributed by atoms with Crippen molar-refractivity contribution in [3.8, 4) is 0 Å². The summed E-state index contributed by atoms with van der Waals surface area (Å²) in [5.74, 6) is -1.72. The molecule has 0 bridgehead atoms. The van der Waals surface area contributed by atoms with Gasteiger partial charge in [0.15, 0.2) is 5.41 Å². The van der Waals surface area contributed by atoms with Gasteiger partial charge in [-0.1, -0.05) is 12.2 Å². The third kappa shape index (κ3) is 2.62. The molecule has 0 fully saturated rings. The Hall–Kier alpha value is -1.32. The Bertz CT molecular complexity index is 324. The molecule has 0 aromatic rings. The normalized spacial score (nSPS) is 25.2. The van der Waals surface area contributed by atoms with Gasteiger partial charge in [0.2, 0.25) is 0 Å². The van der Waals surface area contributed by atoms with E-state index in [1.807, 2.05) is 6.08 Å². The zero-order chi connectivity index (χ0) is 12.4. The Labute approximate surface area is 95.3 Å². The summed E-state index contributed by atoms with van der Waals surface area (Å²) in [4.78, 5) is 23.2. The molecule has 90 valence electrons. The molecule has 0 heterocycles. The van der Waals surface area contributed by atoms with Gasteiger partial charge in [-0.05, 0) is 40.0 Å². The van der Waals surface area contributed by atoms with Gasteiger partial charge in [0.05, 0.1) is 0 Å². The topological polar surface area (TPSA) is 63.6 Å². The Morgan fingerprint density at radius 2 is 1.94 bits per heavy atom. The molecule has 0 amide bonds. The van der Waals surface area contributed by atoms with E-state index in [0.29, 0.717) is 12.8 Å². The second-order valence-corrected chi connectivity index (χ2v) is 5.10. The van der Waals surface area contributed by atoms with E-state index in [0.717, 1.165) is 0 Å². The molecule has 1 N–H and O–H groups in total. The minimum absolute atomic E-state index is 0.219. The number of esters is 1. The smallest absolute Gasteiger partial charge is 0.324 e. The van der Waals surface area contributed by atoms with E-state index in [4.69, 9.17) is 4.74 Å². The number of hydrogen-bond acceptors (Lipinski definition) is 3. The van der Waals surface area contributed by atoms with Crippen molar-refractivity contribution in [2.75, 3.05) is 0 Å². The van der Waals surface area contributed by atoms with Crippen LogP contribution in [-0.2, 0) is 14.3 Å². The van der Waals surface area contributed by atoms with Crippen LogP contribution in [0.5, 0.6) is 0 Å². The minimum atomic E-state index is -1.39. The van der Waals surface area contributed by atoms with Crippen molar-refractivity contribution in [3.63, 3.8) is 0 Å². The van der Waals surface area contributed by atoms with Crippen LogP contribution in [0.4, 0.5) is 0 Å². The van der Waals surface area contributed by atoms with Gasteiger partial charge in [-0.3, -0.25) is 9.59 Å². The number of hydrogen-bond donors (Lipinski definition) is 1. The highest BCUT2D eigenvalue weighted by atomic mass is 16.6. The van der Waals surface area contributed by atoms with Crippen molar-refractivity contribution in [3.05, 3.63) is 12.2 Å². The number of carboxylic acids is 1. The van der Waals surface area contributed by atoms with Crippen LogP contribution in [-0.4, -0.2) is 22.6 Å². The number of rotatable bonds is 2. The van der Waals surface area contributed by atoms with E-state index in [9.17, 15) is 14.7 Å². The third-order valence-electron chi connectivity index (χ3n) is 2.57. The lowest BCUT2D eigenvalue weighted by Crippen LogP contribution is -2.44. The first-order chi connectivity index (χ1) is 7.28. The molecule has 0 saturated heterocycles. The number of carbonyl (C=O) groups is 2. The number of carbonyl (C=O) groups excluding carboxylic acids is 1. The zero-order valence-electron chi connectivity index (χ0n) is 9.95. The fraction of sp³-hybridized carbons (Fsp3) is 0.667. The molecule has 0 aromatic heterocycles. The third-order valence-corrected chi connectivity index (χ3v) is 2.57. The van der Waals surface area contributed by atoms with Crippen LogP contribution in [0, 0.1) is 5.41 Å². The molecule has 1 aliphatic rings. The first-order valence-corrected chi connectivity index (χ1v) is 5.40. The van der Waals surface area contributed by atoms with Gasteiger partial charge in [0, 0.05) is 0 Å². The van der Waals surface area contributed by atoms with Crippen LogP contribution >= 0.6 is 0 Å². The minimum Gasteiger partial charge on any atom is -0.480 e. The zero-order valence-corrected chi connectivity index (χ0v) is 9.95. The van der Waals surface area contributed by atoms with Gasteiger partial charge in [-0.25, -0.2) is 0 Å². The summed E-state index contributed by atoms with van der Waals surface area (Å²) in [6, 6.07) is 0. The van der Waals surface area contributed by atoms with E-state index < -0.39 is 23.0 Å². The maximum Gasteiger partial charge on any atom is 0.324 e. The first-order valence-electron chi connectivity index (χ1n) is 5.40. The molecule has 0 spiro atoms. The molecular weight excluding hydrogens is 208 g/mol. The van der Waals surface area contributed by atoms with Crippen LogP contribution in [0.25, 0.3) is 0 Å². The van der Waals surface area contributed by atoms with Gasteiger partial charge in [-0.2, -0.15) is 0 Å². The van der Waals surface area contributed by atoms with E-state index >= 15 is 0 Å². The highest BCUT2D eigenvalue weighted by molar-refractivity contribution is 5.99. The summed E-state index contributed by atoms with van der Waals surface area (Å²) >= 11 is 0. The van der Waals surface area contributed by atoms with Crippen molar-refractivity contribution in [2.45, 2.75) is 45.6 Å². The largest absolute Gasteiger partial charge is 0.480 e. The van der Waals surface area contributed by atoms with Crippen LogP contribution in [0.15, 0.2) is 12.2 Å². The predicted molar refractivity (Wildman–Crippen MR) is 58.9 cm³/mol. The molecule has 4 heteroatoms. The lowest BCUT2D eigenvalue weighted by atomic mass is 9.77. The van der Waals surface area contributed by atoms with E-state index in [1.54, 1.807) is 26.8 Å². The quantitative estimate of drug-likeness (QED) is 0.445. The van der Waals surface area contributed by atoms with Gasteiger partial charge >= 0.3 is 11.9 Å². The summed E-state index contributed by atoms with van der Waals surface area (Å²) in [7, 11) is 0. The summed E-state index contributed by atoms with van der Waals surface area (Å²) < 4.78 is 5.19. The van der Waals surface area contributed by atoms with Gasteiger partial charge in [-0.15, -0.1) is 0 Å². The highest BCUT2D eigenvalue weighted by Crippen LogP contribution is 2.35. The molecule has 1 rings (SSSR count). The van der Waals surface area contributed by atoms with Crippen molar-refractivity contribution >= 4 is 11.9 Å². The molecule has 1 aliphatic carbocycles. The summed E-state index contributed by atoms with van der Waals surface area (Å²) in [6.07, 6.45) is 4.77. The van der Waals surface area contributed by atoms with Crippen LogP contribution in [0.1, 0.15) is 40.0 Å². The highest BCUT2D eigenvalue weighted by Gasteiger charge is 2.48. The molecule has 1 atom stereocenters. The fourth-order valence-corrected chi connectivity index (χ4v) is 1.68. The number of carboxylic acid groups (broad SMARTS) is 1. The Balaban J connectivity index is 2.90. The molecule has 0 aromatic carbocycles. The van der Waals surface area contributed by atoms with Crippen LogP contribution < -0.4 is 0 Å². The number of ether oxygens (including phenoxy) is 1. The Kier molecular flexibility index (Phi) is 3.41. The predicted octanol–water partition coefficient (Wildman–Crippen LogP) is 2.14. The van der Waals surface area contributed by atoms with Crippen LogP contribution in [0.2, 0.25) is 0 Å². The summed E-state index contributed by atoms with van der Waals surface area (Å²) in [6.45, 7) is 5.21. The summed E-state index contributed by atoms with van der Waals surface area (Å²) in [5.41, 5.74) is -2.04. The summed E-state index contributed by atoms with van der Waals surface area (Å²) in [5, 5.41) is 9.22. The lowest BCUT2D eigenvalue weighted by Gasteiger charge is -2.31. The average molecular weight is 226 g/mol.